The fraction of sp³-hybridized carbons (Fsp3) is 0.333. The van der Waals surface area contributed by atoms with Gasteiger partial charge in [0.2, 0.25) is 0 Å². The first kappa shape index (κ1) is 13.6. The van der Waals surface area contributed by atoms with Gasteiger partial charge in [-0.3, -0.25) is 4.79 Å². The van der Waals surface area contributed by atoms with E-state index < -0.39 is 21.4 Å². The fourth-order valence-electron chi connectivity index (χ4n) is 1.31. The van der Waals surface area contributed by atoms with E-state index in [1.807, 2.05) is 0 Å². The van der Waals surface area contributed by atoms with E-state index in [-0.39, 0.29) is 23.5 Å². The normalized spacial score (nSPS) is 11.1. The maximum absolute atomic E-state index is 11.8. The summed E-state index contributed by atoms with van der Waals surface area (Å²) < 4.78 is 23.6. The Hall–Kier alpha value is -1.49. The minimum Gasteiger partial charge on any atom is -0.300 e. The van der Waals surface area contributed by atoms with Crippen molar-refractivity contribution in [3.8, 4) is 0 Å². The Labute approximate surface area is 101 Å². The Morgan fingerprint density at radius 1 is 1.06 bits per heavy atom. The summed E-state index contributed by atoms with van der Waals surface area (Å²) in [6.07, 6.45) is 0.0878. The number of hydrogen-bond donors (Lipinski definition) is 0. The highest BCUT2D eigenvalue weighted by atomic mass is 32.2. The van der Waals surface area contributed by atoms with Crippen LogP contribution in [0.4, 0.5) is 0 Å². The van der Waals surface area contributed by atoms with Gasteiger partial charge in [-0.25, -0.2) is 8.42 Å². The van der Waals surface area contributed by atoms with Gasteiger partial charge in [-0.05, 0) is 19.1 Å². The molecule has 5 heteroatoms. The maximum atomic E-state index is 11.8. The van der Waals surface area contributed by atoms with E-state index in [1.54, 1.807) is 18.2 Å². The third kappa shape index (κ3) is 4.48. The molecule has 0 fully saturated rings. The Kier molecular flexibility index (Phi) is 4.57. The molecule has 0 aromatic heterocycles. The Morgan fingerprint density at radius 3 is 2.18 bits per heavy atom. The summed E-state index contributed by atoms with van der Waals surface area (Å²) >= 11 is 0. The summed E-state index contributed by atoms with van der Waals surface area (Å²) in [5, 5.41) is 0. The first-order chi connectivity index (χ1) is 7.92. The maximum Gasteiger partial charge on any atom is 0.185 e. The van der Waals surface area contributed by atoms with Crippen LogP contribution in [0.15, 0.2) is 35.2 Å². The molecular formula is C12H14O4S. The highest BCUT2D eigenvalue weighted by Gasteiger charge is 2.18. The van der Waals surface area contributed by atoms with Gasteiger partial charge in [-0.1, -0.05) is 18.2 Å². The van der Waals surface area contributed by atoms with Crippen molar-refractivity contribution < 1.29 is 18.0 Å². The predicted octanol–water partition coefficient (Wildman–Crippen LogP) is 1.40. The molecule has 0 saturated heterocycles. The fourth-order valence-corrected chi connectivity index (χ4v) is 2.62. The zero-order valence-corrected chi connectivity index (χ0v) is 10.4. The van der Waals surface area contributed by atoms with Gasteiger partial charge in [0.25, 0.3) is 0 Å². The number of benzene rings is 1. The zero-order valence-electron chi connectivity index (χ0n) is 9.55. The molecule has 17 heavy (non-hydrogen) atoms. The van der Waals surface area contributed by atoms with Crippen molar-refractivity contribution in [2.24, 2.45) is 0 Å². The Bertz CT molecular complexity index is 503. The molecule has 0 N–H and O–H groups in total. The van der Waals surface area contributed by atoms with Crippen molar-refractivity contribution >= 4 is 21.4 Å². The first-order valence-electron chi connectivity index (χ1n) is 5.21. The second-order valence-electron chi connectivity index (χ2n) is 3.81. The minimum absolute atomic E-state index is 0.0125. The molecular weight excluding hydrogens is 240 g/mol. The third-order valence-corrected chi connectivity index (χ3v) is 3.90. The molecule has 0 saturated carbocycles. The highest BCUT2D eigenvalue weighted by molar-refractivity contribution is 7.92. The Morgan fingerprint density at radius 2 is 1.65 bits per heavy atom. The van der Waals surface area contributed by atoms with Crippen LogP contribution in [-0.2, 0) is 19.4 Å². The van der Waals surface area contributed by atoms with Crippen LogP contribution in [0, 0.1) is 0 Å². The molecule has 1 aromatic rings. The average molecular weight is 254 g/mol. The van der Waals surface area contributed by atoms with E-state index in [4.69, 9.17) is 0 Å². The molecule has 0 unspecified atom stereocenters. The van der Waals surface area contributed by atoms with Crippen LogP contribution in [-0.4, -0.2) is 25.7 Å². The topological polar surface area (TPSA) is 68.3 Å². The number of ketones is 2. The van der Waals surface area contributed by atoms with Gasteiger partial charge >= 0.3 is 0 Å². The molecule has 0 aliphatic rings. The molecule has 0 bridgehead atoms. The van der Waals surface area contributed by atoms with Crippen LogP contribution in [0.1, 0.15) is 19.8 Å². The lowest BCUT2D eigenvalue weighted by molar-refractivity contribution is -0.121. The van der Waals surface area contributed by atoms with Gasteiger partial charge in [0.05, 0.1) is 4.90 Å². The monoisotopic (exact) mass is 254 g/mol. The summed E-state index contributed by atoms with van der Waals surface area (Å²) in [6, 6.07) is 7.82. The largest absolute Gasteiger partial charge is 0.300 e. The van der Waals surface area contributed by atoms with Gasteiger partial charge < -0.3 is 4.79 Å². The van der Waals surface area contributed by atoms with Crippen LogP contribution >= 0.6 is 0 Å². The highest BCUT2D eigenvalue weighted by Crippen LogP contribution is 2.11. The van der Waals surface area contributed by atoms with Gasteiger partial charge in [0.1, 0.15) is 17.3 Å². The Balaban J connectivity index is 2.68. The summed E-state index contributed by atoms with van der Waals surface area (Å²) in [5.74, 6) is -1.08. The van der Waals surface area contributed by atoms with Crippen molar-refractivity contribution in [2.75, 3.05) is 5.75 Å². The smallest absolute Gasteiger partial charge is 0.185 e. The van der Waals surface area contributed by atoms with Crippen LogP contribution in [0.5, 0.6) is 0 Å². The number of carbonyl (C=O) groups excluding carboxylic acids is 2. The van der Waals surface area contributed by atoms with E-state index in [1.165, 1.54) is 19.1 Å². The first-order valence-corrected chi connectivity index (χ1v) is 6.86. The SMILES string of the molecule is CC(=O)CCC(=O)CS(=O)(=O)c1ccccc1. The molecule has 0 atom stereocenters. The molecule has 0 radical (unpaired) electrons. The second-order valence-corrected chi connectivity index (χ2v) is 5.80. The third-order valence-electron chi connectivity index (χ3n) is 2.21. The number of rotatable bonds is 6. The van der Waals surface area contributed by atoms with E-state index in [0.29, 0.717) is 0 Å². The average Bonchev–Trinajstić information content (AvgIpc) is 2.27. The molecule has 0 heterocycles. The summed E-state index contributed by atoms with van der Waals surface area (Å²) in [7, 11) is -3.57. The summed E-state index contributed by atoms with van der Waals surface area (Å²) in [5.41, 5.74) is 0. The van der Waals surface area contributed by atoms with Gasteiger partial charge in [0, 0.05) is 12.8 Å². The molecule has 92 valence electrons. The standard InChI is InChI=1S/C12H14O4S/c1-10(13)7-8-11(14)9-17(15,16)12-5-3-2-4-6-12/h2-6H,7-9H2,1H3. The number of sulfone groups is 1. The number of Topliss-reactive ketones (excluding diaryl/α,β-unsaturated/α-hetero) is 2. The summed E-state index contributed by atoms with van der Waals surface area (Å²) in [4.78, 5) is 22.2. The van der Waals surface area contributed by atoms with Gasteiger partial charge in [0.15, 0.2) is 9.84 Å². The summed E-state index contributed by atoms with van der Waals surface area (Å²) in [6.45, 7) is 1.37. The lowest BCUT2D eigenvalue weighted by Crippen LogP contribution is -2.16. The van der Waals surface area contributed by atoms with E-state index in [2.05, 4.69) is 0 Å². The van der Waals surface area contributed by atoms with Gasteiger partial charge in [-0.15, -0.1) is 0 Å². The number of hydrogen-bond acceptors (Lipinski definition) is 4. The van der Waals surface area contributed by atoms with E-state index in [9.17, 15) is 18.0 Å². The van der Waals surface area contributed by atoms with Crippen molar-refractivity contribution in [1.29, 1.82) is 0 Å². The molecule has 0 spiro atoms. The van der Waals surface area contributed by atoms with Crippen molar-refractivity contribution in [3.05, 3.63) is 30.3 Å². The molecule has 1 aromatic carbocycles. The zero-order chi connectivity index (χ0) is 12.9. The predicted molar refractivity (Wildman–Crippen MR) is 63.4 cm³/mol. The van der Waals surface area contributed by atoms with Gasteiger partial charge in [-0.2, -0.15) is 0 Å². The number of carbonyl (C=O) groups is 2. The molecule has 0 amide bonds. The van der Waals surface area contributed by atoms with Crippen LogP contribution in [0.2, 0.25) is 0 Å². The lowest BCUT2D eigenvalue weighted by atomic mass is 10.2. The quantitative estimate of drug-likeness (QED) is 0.769. The van der Waals surface area contributed by atoms with Crippen LogP contribution < -0.4 is 0 Å². The van der Waals surface area contributed by atoms with Crippen LogP contribution in [0.3, 0.4) is 0 Å². The van der Waals surface area contributed by atoms with E-state index in [0.717, 1.165) is 0 Å². The van der Waals surface area contributed by atoms with Crippen molar-refractivity contribution in [2.45, 2.75) is 24.7 Å². The molecule has 1 rings (SSSR count). The second kappa shape index (κ2) is 5.72. The lowest BCUT2D eigenvalue weighted by Gasteiger charge is -2.02. The van der Waals surface area contributed by atoms with Crippen LogP contribution in [0.25, 0.3) is 0 Å². The minimum atomic E-state index is -3.57. The van der Waals surface area contributed by atoms with Crippen molar-refractivity contribution in [3.63, 3.8) is 0 Å². The molecule has 0 aliphatic carbocycles. The molecule has 4 nitrogen and oxygen atoms in total. The molecule has 0 aliphatic heterocycles. The van der Waals surface area contributed by atoms with Crippen molar-refractivity contribution in [1.82, 2.24) is 0 Å². The van der Waals surface area contributed by atoms with E-state index >= 15 is 0 Å².